The van der Waals surface area contributed by atoms with Crippen molar-refractivity contribution in [2.45, 2.75) is 78.2 Å². The number of nitrogens with one attached hydrogen (secondary N) is 1. The van der Waals surface area contributed by atoms with Gasteiger partial charge in [0, 0.05) is 49.2 Å². The summed E-state index contributed by atoms with van der Waals surface area (Å²) in [6.45, 7) is 13.8. The number of hydrogen-bond acceptors (Lipinski definition) is 14. The zero-order valence-corrected chi connectivity index (χ0v) is 35.7. The molecule has 0 aliphatic carbocycles. The molecule has 1 unspecified atom stereocenters. The van der Waals surface area contributed by atoms with E-state index >= 15 is 0 Å². The maximum Gasteiger partial charge on any atom is 0.415 e. The van der Waals surface area contributed by atoms with Crippen molar-refractivity contribution in [3.63, 3.8) is 0 Å². The average molecular weight is 852 g/mol. The number of amides is 3. The monoisotopic (exact) mass is 851 g/mol. The molecule has 1 aromatic carbocycles. The summed E-state index contributed by atoms with van der Waals surface area (Å²) in [6, 6.07) is 6.92. The largest absolute Gasteiger partial charge is 0.458 e. The molecule has 61 heavy (non-hydrogen) atoms. The van der Waals surface area contributed by atoms with Crippen LogP contribution in [0.15, 0.2) is 29.1 Å². The van der Waals surface area contributed by atoms with Crippen LogP contribution in [0.3, 0.4) is 0 Å². The molecule has 3 amide bonds. The molecule has 332 valence electrons. The number of benzene rings is 1. The number of carbonyl (C=O) groups is 4. The first-order valence-electron chi connectivity index (χ1n) is 20.9. The van der Waals surface area contributed by atoms with Gasteiger partial charge in [0.2, 0.25) is 5.91 Å². The lowest BCUT2D eigenvalue weighted by Gasteiger charge is -2.34. The van der Waals surface area contributed by atoms with Gasteiger partial charge in [0.1, 0.15) is 18.0 Å². The van der Waals surface area contributed by atoms with Crippen molar-refractivity contribution in [2.24, 2.45) is 0 Å². The molecule has 1 fully saturated rings. The Bertz CT molecular complexity index is 2140. The highest BCUT2D eigenvalue weighted by Crippen LogP contribution is 2.40. The molecule has 5 heterocycles. The fraction of sp³-hybridized carbons (Fsp3) is 0.581. The van der Waals surface area contributed by atoms with Crippen LogP contribution in [0.5, 0.6) is 5.75 Å². The van der Waals surface area contributed by atoms with Crippen LogP contribution in [0.1, 0.15) is 69.7 Å². The fourth-order valence-corrected chi connectivity index (χ4v) is 7.53. The number of piperazine rings is 1. The van der Waals surface area contributed by atoms with Crippen LogP contribution < -0.4 is 15.6 Å². The van der Waals surface area contributed by atoms with Gasteiger partial charge in [-0.05, 0) is 63.4 Å². The topological polar surface area (TPSA) is 207 Å². The van der Waals surface area contributed by atoms with Crippen molar-refractivity contribution >= 4 is 35.0 Å². The number of aromatic nitrogens is 2. The number of ether oxygens (including phenoxy) is 7. The van der Waals surface area contributed by atoms with Crippen LogP contribution >= 0.6 is 0 Å². The molecule has 6 rings (SSSR count). The minimum absolute atomic E-state index is 0.0562. The molecule has 3 aliphatic heterocycles. The Labute approximate surface area is 354 Å². The maximum atomic E-state index is 13.7. The Balaban J connectivity index is 0.884. The first kappa shape index (κ1) is 45.4. The molecule has 0 radical (unpaired) electrons. The summed E-state index contributed by atoms with van der Waals surface area (Å²) in [4.78, 5) is 72.1. The zero-order chi connectivity index (χ0) is 43.7. The highest BCUT2D eigenvalue weighted by atomic mass is 16.6. The van der Waals surface area contributed by atoms with Gasteiger partial charge < -0.3 is 57.9 Å². The Hall–Kier alpha value is -5.14. The van der Waals surface area contributed by atoms with E-state index in [0.29, 0.717) is 108 Å². The van der Waals surface area contributed by atoms with Crippen molar-refractivity contribution in [2.75, 3.05) is 85.6 Å². The number of carbonyl (C=O) groups excluding carboxylic acids is 4. The highest BCUT2D eigenvalue weighted by Gasteiger charge is 2.45. The first-order chi connectivity index (χ1) is 29.2. The van der Waals surface area contributed by atoms with E-state index in [2.05, 4.69) is 5.32 Å². The Morgan fingerprint density at radius 3 is 2.15 bits per heavy atom. The summed E-state index contributed by atoms with van der Waals surface area (Å²) in [5, 5.41) is 14.6. The summed E-state index contributed by atoms with van der Waals surface area (Å²) >= 11 is 0. The Morgan fingerprint density at radius 1 is 0.869 bits per heavy atom. The minimum Gasteiger partial charge on any atom is -0.458 e. The smallest absolute Gasteiger partial charge is 0.415 e. The van der Waals surface area contributed by atoms with Crippen LogP contribution in [0.2, 0.25) is 0 Å². The first-order valence-corrected chi connectivity index (χ1v) is 20.9. The molecular weight excluding hydrogens is 794 g/mol. The summed E-state index contributed by atoms with van der Waals surface area (Å²) in [6.07, 6.45) is -0.111. The number of fused-ring (bicyclic) bond motifs is 5. The van der Waals surface area contributed by atoms with Crippen LogP contribution in [-0.4, -0.2) is 140 Å². The highest BCUT2D eigenvalue weighted by molar-refractivity contribution is 5.90. The number of esters is 1. The number of alkyl carbamates (subject to hydrolysis) is 1. The predicted molar refractivity (Wildman–Crippen MR) is 220 cm³/mol. The number of aryl methyl sites for hydroxylation is 1. The number of hydrogen-bond donors (Lipinski definition) is 2. The Kier molecular flexibility index (Phi) is 15.0. The molecule has 1 saturated heterocycles. The minimum atomic E-state index is -1.91. The van der Waals surface area contributed by atoms with Crippen molar-refractivity contribution in [3.8, 4) is 17.1 Å². The van der Waals surface area contributed by atoms with E-state index < -0.39 is 29.4 Å². The molecule has 18 nitrogen and oxygen atoms in total. The van der Waals surface area contributed by atoms with Gasteiger partial charge in [0.25, 0.3) is 5.56 Å². The van der Waals surface area contributed by atoms with E-state index in [1.807, 2.05) is 6.92 Å². The number of pyridine rings is 2. The van der Waals surface area contributed by atoms with Crippen LogP contribution in [0.25, 0.3) is 22.3 Å². The van der Waals surface area contributed by atoms with Gasteiger partial charge in [-0.3, -0.25) is 9.59 Å². The molecule has 0 saturated carbocycles. The maximum absolute atomic E-state index is 13.7. The molecule has 2 N–H and O–H groups in total. The van der Waals surface area contributed by atoms with E-state index in [1.54, 1.807) is 66.3 Å². The molecule has 0 spiro atoms. The SMILES string of the molecule is CCc1c2c(nc3ccc(OC(=O)N4CCN(C(=O)CCOCCOCCOCCOCCNC(=O)OC(C)(C)C)CC4)cc13)-c1cc3c(c(=O)n1C2)COC(=O)C3(O)CC. The van der Waals surface area contributed by atoms with E-state index in [4.69, 9.17) is 38.1 Å². The summed E-state index contributed by atoms with van der Waals surface area (Å²) in [7, 11) is 0. The van der Waals surface area contributed by atoms with Gasteiger partial charge in [0.05, 0.1) is 88.3 Å². The lowest BCUT2D eigenvalue weighted by Crippen LogP contribution is -2.51. The fourth-order valence-electron chi connectivity index (χ4n) is 7.53. The molecule has 1 atom stereocenters. The predicted octanol–water partition coefficient (Wildman–Crippen LogP) is 3.27. The Morgan fingerprint density at radius 2 is 1.51 bits per heavy atom. The molecule has 3 aromatic rings. The third-order valence-corrected chi connectivity index (χ3v) is 10.7. The van der Waals surface area contributed by atoms with E-state index in [9.17, 15) is 29.1 Å². The number of rotatable bonds is 18. The zero-order valence-electron chi connectivity index (χ0n) is 35.7. The number of cyclic esters (lactones) is 1. The van der Waals surface area contributed by atoms with E-state index in [0.717, 1.165) is 16.5 Å². The number of nitrogens with zero attached hydrogens (tertiary/aromatic N) is 4. The van der Waals surface area contributed by atoms with E-state index in [1.165, 1.54) is 0 Å². The van der Waals surface area contributed by atoms with E-state index in [-0.39, 0.29) is 55.2 Å². The molecule has 0 bridgehead atoms. The summed E-state index contributed by atoms with van der Waals surface area (Å²) in [5.74, 6) is -0.479. The quantitative estimate of drug-likeness (QED) is 0.109. The normalized spacial score (nSPS) is 17.1. The average Bonchev–Trinajstić information content (AvgIpc) is 3.60. The van der Waals surface area contributed by atoms with Gasteiger partial charge in [-0.2, -0.15) is 0 Å². The second-order valence-electron chi connectivity index (χ2n) is 15.9. The molecular formula is C43H57N5O13. The molecule has 18 heteroatoms. The van der Waals surface area contributed by atoms with Gasteiger partial charge >= 0.3 is 18.2 Å². The molecule has 3 aliphatic rings. The lowest BCUT2D eigenvalue weighted by atomic mass is 9.86. The standard InChI is InChI=1S/C43H57N5O13/c1-6-29-30-24-28(8-9-34(30)45-37-31(29)26-48-35(37)25-33-32(38(48)50)27-59-39(51)43(33,54)7-2)60-41(53)47-14-12-46(13-15-47)36(49)10-16-55-18-20-57-22-23-58-21-19-56-17-11-44-40(52)61-42(3,4)5/h8-9,24-25,54H,6-7,10-23,26-27H2,1-5H3,(H,44,52). The third-order valence-electron chi connectivity index (χ3n) is 10.7. The van der Waals surface area contributed by atoms with Gasteiger partial charge in [-0.15, -0.1) is 0 Å². The second kappa shape index (κ2) is 20.2. The van der Waals surface area contributed by atoms with Crippen LogP contribution in [0, 0.1) is 0 Å². The number of aliphatic hydroxyl groups is 1. The second-order valence-corrected chi connectivity index (χ2v) is 15.9. The van der Waals surface area contributed by atoms with Crippen molar-refractivity contribution in [1.82, 2.24) is 24.7 Å². The van der Waals surface area contributed by atoms with Gasteiger partial charge in [0.15, 0.2) is 5.60 Å². The lowest BCUT2D eigenvalue weighted by molar-refractivity contribution is -0.172. The summed E-state index contributed by atoms with van der Waals surface area (Å²) in [5.41, 5.74) is 1.34. The van der Waals surface area contributed by atoms with Crippen molar-refractivity contribution in [3.05, 3.63) is 56.9 Å². The van der Waals surface area contributed by atoms with Crippen molar-refractivity contribution < 1.29 is 57.4 Å². The third kappa shape index (κ3) is 10.9. The summed E-state index contributed by atoms with van der Waals surface area (Å²) < 4.78 is 39.7. The van der Waals surface area contributed by atoms with Crippen LogP contribution in [-0.2, 0) is 63.2 Å². The van der Waals surface area contributed by atoms with Crippen molar-refractivity contribution in [1.29, 1.82) is 0 Å². The van der Waals surface area contributed by atoms with Gasteiger partial charge in [-0.25, -0.2) is 19.4 Å². The van der Waals surface area contributed by atoms with Gasteiger partial charge in [-0.1, -0.05) is 13.8 Å². The molecule has 2 aromatic heterocycles. The van der Waals surface area contributed by atoms with Crippen LogP contribution in [0.4, 0.5) is 9.59 Å².